The van der Waals surface area contributed by atoms with Crippen LogP contribution in [0.2, 0.25) is 0 Å². The van der Waals surface area contributed by atoms with Crippen molar-refractivity contribution in [3.63, 3.8) is 0 Å². The average Bonchev–Trinajstić information content (AvgIpc) is 2.92. The van der Waals surface area contributed by atoms with Crippen molar-refractivity contribution < 1.29 is 17.0 Å². The Morgan fingerprint density at radius 1 is 0.486 bits per heavy atom. The number of benzene rings is 5. The molecule has 0 amide bonds. The average molecular weight is 603 g/mol. The van der Waals surface area contributed by atoms with Crippen LogP contribution in [0.25, 0.3) is 0 Å². The summed E-state index contributed by atoms with van der Waals surface area (Å²) in [5.74, 6) is 0. The second-order valence-corrected chi connectivity index (χ2v) is 12.4. The Balaban J connectivity index is 0.00000289. The molecule has 5 aromatic rings. The second kappa shape index (κ2) is 11.8. The van der Waals surface area contributed by atoms with Crippen LogP contribution in [0.3, 0.4) is 0 Å². The van der Waals surface area contributed by atoms with Gasteiger partial charge in [0, 0.05) is 4.47 Å². The van der Waals surface area contributed by atoms with Crippen LogP contribution in [0, 0.1) is 0 Å². The standard InChI is InChI=1S/C31H26BrNP.BrH/c32-27-23-21-26(22-24-27)25-33(28-13-5-1-6-14-28)34(29-15-7-2-8-16-29,30-17-9-3-10-18-30)31-19-11-4-12-20-31;/h1-24H,25H2;1H/q+1;/p-1. The minimum absolute atomic E-state index is 0. The predicted molar refractivity (Wildman–Crippen MR) is 152 cm³/mol. The highest BCUT2D eigenvalue weighted by Gasteiger charge is 2.51. The molecule has 0 aromatic heterocycles. The molecule has 0 saturated heterocycles. The first-order valence-corrected chi connectivity index (χ1v) is 14.0. The van der Waals surface area contributed by atoms with Gasteiger partial charge in [0.05, 0.1) is 12.2 Å². The van der Waals surface area contributed by atoms with Gasteiger partial charge in [-0.15, -0.1) is 0 Å². The van der Waals surface area contributed by atoms with E-state index < -0.39 is 7.41 Å². The Hall–Kier alpha value is -2.71. The molecular weight excluding hydrogens is 577 g/mol. The Morgan fingerprint density at radius 2 is 0.857 bits per heavy atom. The second-order valence-electron chi connectivity index (χ2n) is 8.16. The molecule has 0 heterocycles. The zero-order valence-electron chi connectivity index (χ0n) is 19.2. The lowest BCUT2D eigenvalue weighted by molar-refractivity contribution is -0.00000639. The highest BCUT2D eigenvalue weighted by molar-refractivity contribution is 9.10. The first-order chi connectivity index (χ1) is 16.8. The fourth-order valence-electron chi connectivity index (χ4n) is 4.53. The van der Waals surface area contributed by atoms with E-state index in [1.165, 1.54) is 27.2 Å². The maximum Gasteiger partial charge on any atom is 0.202 e. The lowest BCUT2D eigenvalue weighted by Gasteiger charge is -2.38. The van der Waals surface area contributed by atoms with Gasteiger partial charge >= 0.3 is 0 Å². The summed E-state index contributed by atoms with van der Waals surface area (Å²) >= 11 is 3.60. The molecule has 5 aromatic carbocycles. The summed E-state index contributed by atoms with van der Waals surface area (Å²) in [7, 11) is -2.24. The summed E-state index contributed by atoms with van der Waals surface area (Å²) in [6.45, 7) is 0.795. The summed E-state index contributed by atoms with van der Waals surface area (Å²) in [5.41, 5.74) is 2.49. The molecule has 0 aliphatic heterocycles. The number of rotatable bonds is 7. The van der Waals surface area contributed by atoms with E-state index in [0.29, 0.717) is 0 Å². The Kier molecular flexibility index (Phi) is 8.57. The molecule has 174 valence electrons. The number of hydrogen-bond donors (Lipinski definition) is 0. The van der Waals surface area contributed by atoms with Crippen molar-refractivity contribution in [2.24, 2.45) is 0 Å². The first kappa shape index (κ1) is 25.4. The van der Waals surface area contributed by atoms with Crippen molar-refractivity contribution in [1.29, 1.82) is 0 Å². The van der Waals surface area contributed by atoms with Crippen LogP contribution in [0.15, 0.2) is 150 Å². The van der Waals surface area contributed by atoms with Crippen LogP contribution >= 0.6 is 23.3 Å². The molecule has 5 rings (SSSR count). The molecule has 1 nitrogen and oxygen atoms in total. The van der Waals surface area contributed by atoms with E-state index in [0.717, 1.165) is 11.0 Å². The van der Waals surface area contributed by atoms with Gasteiger partial charge in [-0.25, -0.2) is 4.67 Å². The highest BCUT2D eigenvalue weighted by atomic mass is 79.9. The minimum atomic E-state index is -2.24. The third-order valence-corrected chi connectivity index (χ3v) is 10.8. The molecule has 0 spiro atoms. The molecule has 0 unspecified atom stereocenters. The van der Waals surface area contributed by atoms with E-state index in [4.69, 9.17) is 0 Å². The molecule has 0 saturated carbocycles. The lowest BCUT2D eigenvalue weighted by atomic mass is 10.2. The predicted octanol–water partition coefficient (Wildman–Crippen LogP) is 4.37. The van der Waals surface area contributed by atoms with Gasteiger partial charge in [-0.05, 0) is 66.2 Å². The van der Waals surface area contributed by atoms with E-state index in [1.54, 1.807) is 0 Å². The van der Waals surface area contributed by atoms with Crippen LogP contribution in [-0.2, 0) is 6.54 Å². The maximum atomic E-state index is 3.60. The summed E-state index contributed by atoms with van der Waals surface area (Å²) in [4.78, 5) is 0. The van der Waals surface area contributed by atoms with Gasteiger partial charge in [0.1, 0.15) is 15.9 Å². The fourth-order valence-corrected chi connectivity index (χ4v) is 9.19. The number of nitrogens with zero attached hydrogens (tertiary/aromatic N) is 1. The topological polar surface area (TPSA) is 3.24 Å². The number of para-hydroxylation sites is 1. The van der Waals surface area contributed by atoms with Crippen LogP contribution < -0.4 is 37.6 Å². The number of anilines is 1. The van der Waals surface area contributed by atoms with Crippen molar-refractivity contribution in [2.75, 3.05) is 4.67 Å². The third-order valence-electron chi connectivity index (χ3n) is 6.05. The Labute approximate surface area is 227 Å². The molecular formula is C31H26Br2NP. The van der Waals surface area contributed by atoms with Crippen molar-refractivity contribution in [1.82, 2.24) is 0 Å². The van der Waals surface area contributed by atoms with Crippen LogP contribution in [0.5, 0.6) is 0 Å². The molecule has 0 atom stereocenters. The van der Waals surface area contributed by atoms with E-state index in [2.05, 4.69) is 166 Å². The van der Waals surface area contributed by atoms with E-state index >= 15 is 0 Å². The zero-order valence-corrected chi connectivity index (χ0v) is 23.3. The smallest absolute Gasteiger partial charge is 0.202 e. The lowest BCUT2D eigenvalue weighted by Crippen LogP contribution is -3.00. The SMILES string of the molecule is Brc1ccc(CN(c2ccccc2)[P+](c2ccccc2)(c2ccccc2)c2ccccc2)cc1.[Br-]. The molecule has 0 N–H and O–H groups in total. The van der Waals surface area contributed by atoms with Crippen molar-refractivity contribution in [3.8, 4) is 0 Å². The van der Waals surface area contributed by atoms with E-state index in [-0.39, 0.29) is 17.0 Å². The van der Waals surface area contributed by atoms with Crippen LogP contribution in [-0.4, -0.2) is 0 Å². The van der Waals surface area contributed by atoms with E-state index in [1.807, 2.05) is 0 Å². The number of hydrogen-bond acceptors (Lipinski definition) is 1. The summed E-state index contributed by atoms with van der Waals surface area (Å²) in [6.07, 6.45) is 0. The van der Waals surface area contributed by atoms with Gasteiger partial charge in [-0.1, -0.05) is 101 Å². The molecule has 0 aliphatic rings. The maximum absolute atomic E-state index is 3.60. The molecule has 0 aliphatic carbocycles. The van der Waals surface area contributed by atoms with Gasteiger partial charge in [0.2, 0.25) is 7.41 Å². The quantitative estimate of drug-likeness (QED) is 0.250. The summed E-state index contributed by atoms with van der Waals surface area (Å²) in [6, 6.07) is 52.6. The molecule has 4 heteroatoms. The molecule has 0 radical (unpaired) electrons. The van der Waals surface area contributed by atoms with E-state index in [9.17, 15) is 0 Å². The van der Waals surface area contributed by atoms with Gasteiger partial charge in [0.15, 0.2) is 0 Å². The monoisotopic (exact) mass is 601 g/mol. The van der Waals surface area contributed by atoms with Crippen molar-refractivity contribution in [3.05, 3.63) is 156 Å². The van der Waals surface area contributed by atoms with Gasteiger partial charge in [-0.2, -0.15) is 0 Å². The molecule has 35 heavy (non-hydrogen) atoms. The highest BCUT2D eigenvalue weighted by Crippen LogP contribution is 2.60. The zero-order chi connectivity index (χ0) is 23.2. The summed E-state index contributed by atoms with van der Waals surface area (Å²) < 4.78 is 3.74. The molecule has 0 fully saturated rings. The molecule has 0 bridgehead atoms. The Bertz CT molecular complexity index is 1220. The van der Waals surface area contributed by atoms with Crippen molar-refractivity contribution in [2.45, 2.75) is 6.54 Å². The Morgan fingerprint density at radius 3 is 1.26 bits per heavy atom. The largest absolute Gasteiger partial charge is 1.00 e. The van der Waals surface area contributed by atoms with Crippen LogP contribution in [0.1, 0.15) is 5.56 Å². The van der Waals surface area contributed by atoms with Gasteiger partial charge in [-0.3, -0.25) is 0 Å². The van der Waals surface area contributed by atoms with Crippen LogP contribution in [0.4, 0.5) is 5.69 Å². The third kappa shape index (κ3) is 5.28. The summed E-state index contributed by atoms with van der Waals surface area (Å²) in [5, 5.41) is 4.02. The minimum Gasteiger partial charge on any atom is -1.00 e. The fraction of sp³-hybridized carbons (Fsp3) is 0.0323. The van der Waals surface area contributed by atoms with Gasteiger partial charge in [0.25, 0.3) is 0 Å². The normalized spacial score (nSPS) is 10.9. The first-order valence-electron chi connectivity index (χ1n) is 11.4. The van der Waals surface area contributed by atoms with Crippen molar-refractivity contribution >= 4 is 44.9 Å². The van der Waals surface area contributed by atoms with Gasteiger partial charge < -0.3 is 17.0 Å². The number of halogens is 2.